The molecule has 1 aliphatic rings. The molecule has 76 valence electrons. The Labute approximate surface area is 78.1 Å². The van der Waals surface area contributed by atoms with E-state index < -0.39 is 5.60 Å². The molecule has 0 bridgehead atoms. The van der Waals surface area contributed by atoms with Gasteiger partial charge in [-0.05, 0) is 25.7 Å². The van der Waals surface area contributed by atoms with Gasteiger partial charge >= 0.3 is 5.97 Å². The zero-order valence-electron chi connectivity index (χ0n) is 7.95. The summed E-state index contributed by atoms with van der Waals surface area (Å²) in [5.74, 6) is -0.212. The van der Waals surface area contributed by atoms with Crippen LogP contribution in [-0.2, 0) is 9.53 Å². The van der Waals surface area contributed by atoms with Gasteiger partial charge in [-0.2, -0.15) is 0 Å². The van der Waals surface area contributed by atoms with E-state index >= 15 is 0 Å². The Morgan fingerprint density at radius 3 is 2.54 bits per heavy atom. The second-order valence-corrected chi connectivity index (χ2v) is 3.73. The Hall–Kier alpha value is -0.610. The SMILES string of the molecule is COC(=O)C1CCC(O)(CN)CC1. The summed E-state index contributed by atoms with van der Waals surface area (Å²) < 4.78 is 4.64. The summed E-state index contributed by atoms with van der Waals surface area (Å²) in [5, 5.41) is 9.78. The average molecular weight is 187 g/mol. The van der Waals surface area contributed by atoms with E-state index in [4.69, 9.17) is 5.73 Å². The van der Waals surface area contributed by atoms with E-state index in [0.29, 0.717) is 25.7 Å². The van der Waals surface area contributed by atoms with Gasteiger partial charge in [-0.15, -0.1) is 0 Å². The molecule has 4 nitrogen and oxygen atoms in total. The minimum atomic E-state index is -0.746. The van der Waals surface area contributed by atoms with E-state index in [2.05, 4.69) is 4.74 Å². The molecule has 0 saturated heterocycles. The highest BCUT2D eigenvalue weighted by molar-refractivity contribution is 5.72. The summed E-state index contributed by atoms with van der Waals surface area (Å²) in [5.41, 5.74) is 4.68. The first-order valence-corrected chi connectivity index (χ1v) is 4.61. The number of carbonyl (C=O) groups is 1. The number of ether oxygens (including phenoxy) is 1. The van der Waals surface area contributed by atoms with Crippen LogP contribution in [0.3, 0.4) is 0 Å². The first kappa shape index (κ1) is 10.5. The zero-order valence-corrected chi connectivity index (χ0v) is 7.95. The summed E-state index contributed by atoms with van der Waals surface area (Å²) in [6.07, 6.45) is 2.56. The Balaban J connectivity index is 2.43. The van der Waals surface area contributed by atoms with E-state index in [1.165, 1.54) is 7.11 Å². The second kappa shape index (κ2) is 4.07. The molecule has 0 radical (unpaired) electrons. The van der Waals surface area contributed by atoms with Crippen LogP contribution in [0.1, 0.15) is 25.7 Å². The normalized spacial score (nSPS) is 34.2. The zero-order chi connectivity index (χ0) is 9.90. The van der Waals surface area contributed by atoms with Gasteiger partial charge in [-0.25, -0.2) is 0 Å². The van der Waals surface area contributed by atoms with Crippen LogP contribution in [0, 0.1) is 5.92 Å². The maximum atomic E-state index is 11.1. The molecule has 1 saturated carbocycles. The molecule has 0 unspecified atom stereocenters. The summed E-state index contributed by atoms with van der Waals surface area (Å²) in [6.45, 7) is 0.279. The van der Waals surface area contributed by atoms with Crippen molar-refractivity contribution in [3.05, 3.63) is 0 Å². The third-order valence-corrected chi connectivity index (χ3v) is 2.83. The van der Waals surface area contributed by atoms with Gasteiger partial charge in [0.1, 0.15) is 0 Å². The lowest BCUT2D eigenvalue weighted by molar-refractivity contribution is -0.148. The third kappa shape index (κ3) is 2.42. The molecule has 0 heterocycles. The largest absolute Gasteiger partial charge is 0.469 e. The molecule has 0 atom stereocenters. The van der Waals surface area contributed by atoms with Gasteiger partial charge in [0.2, 0.25) is 0 Å². The van der Waals surface area contributed by atoms with Crippen molar-refractivity contribution in [1.82, 2.24) is 0 Å². The molecule has 0 spiro atoms. The summed E-state index contributed by atoms with van der Waals surface area (Å²) >= 11 is 0. The van der Waals surface area contributed by atoms with Crippen LogP contribution in [0.15, 0.2) is 0 Å². The number of carbonyl (C=O) groups excluding carboxylic acids is 1. The Morgan fingerprint density at radius 1 is 1.62 bits per heavy atom. The molecule has 13 heavy (non-hydrogen) atoms. The van der Waals surface area contributed by atoms with Gasteiger partial charge in [0.05, 0.1) is 18.6 Å². The van der Waals surface area contributed by atoms with Gasteiger partial charge < -0.3 is 15.6 Å². The number of hydrogen-bond donors (Lipinski definition) is 2. The summed E-state index contributed by atoms with van der Waals surface area (Å²) in [4.78, 5) is 11.1. The monoisotopic (exact) mass is 187 g/mol. The first-order valence-electron chi connectivity index (χ1n) is 4.61. The Bertz CT molecular complexity index is 185. The standard InChI is InChI=1S/C9H17NO3/c1-13-8(11)7-2-4-9(12,6-10)5-3-7/h7,12H,2-6,10H2,1H3. The van der Waals surface area contributed by atoms with Gasteiger partial charge in [0.15, 0.2) is 0 Å². The van der Waals surface area contributed by atoms with Gasteiger partial charge in [-0.3, -0.25) is 4.79 Å². The smallest absolute Gasteiger partial charge is 0.308 e. The van der Waals surface area contributed by atoms with Crippen molar-refractivity contribution in [2.75, 3.05) is 13.7 Å². The van der Waals surface area contributed by atoms with E-state index in [9.17, 15) is 9.90 Å². The molecule has 0 aliphatic heterocycles. The Kier molecular flexibility index (Phi) is 3.27. The van der Waals surface area contributed by atoms with Crippen LogP contribution in [-0.4, -0.2) is 30.3 Å². The van der Waals surface area contributed by atoms with Crippen LogP contribution in [0.2, 0.25) is 0 Å². The first-order chi connectivity index (χ1) is 6.11. The highest BCUT2D eigenvalue weighted by atomic mass is 16.5. The molecule has 0 amide bonds. The summed E-state index contributed by atoms with van der Waals surface area (Å²) in [7, 11) is 1.39. The van der Waals surface area contributed by atoms with Crippen molar-refractivity contribution in [2.24, 2.45) is 11.7 Å². The van der Waals surface area contributed by atoms with Crippen LogP contribution >= 0.6 is 0 Å². The lowest BCUT2D eigenvalue weighted by atomic mass is 9.79. The molecule has 4 heteroatoms. The topological polar surface area (TPSA) is 72.5 Å². The number of rotatable bonds is 2. The number of hydrogen-bond acceptors (Lipinski definition) is 4. The van der Waals surface area contributed by atoms with Crippen molar-refractivity contribution >= 4 is 5.97 Å². The third-order valence-electron chi connectivity index (χ3n) is 2.83. The summed E-state index contributed by atoms with van der Waals surface area (Å²) in [6, 6.07) is 0. The quantitative estimate of drug-likeness (QED) is 0.599. The minimum Gasteiger partial charge on any atom is -0.469 e. The van der Waals surface area contributed by atoms with E-state index in [1.54, 1.807) is 0 Å². The molecule has 1 aliphatic carbocycles. The molecule has 1 rings (SSSR count). The molecule has 1 fully saturated rings. The van der Waals surface area contributed by atoms with E-state index in [0.717, 1.165) is 0 Å². The lowest BCUT2D eigenvalue weighted by Gasteiger charge is -2.33. The molecule has 0 aromatic carbocycles. The fraction of sp³-hybridized carbons (Fsp3) is 0.889. The van der Waals surface area contributed by atoms with Gasteiger partial charge in [-0.1, -0.05) is 0 Å². The van der Waals surface area contributed by atoms with Crippen LogP contribution < -0.4 is 5.73 Å². The van der Waals surface area contributed by atoms with E-state index in [1.807, 2.05) is 0 Å². The molecule has 0 aromatic rings. The van der Waals surface area contributed by atoms with E-state index in [-0.39, 0.29) is 18.4 Å². The molecular formula is C9H17NO3. The average Bonchev–Trinajstić information content (AvgIpc) is 2.18. The lowest BCUT2D eigenvalue weighted by Crippen LogP contribution is -2.42. The molecule has 0 aromatic heterocycles. The van der Waals surface area contributed by atoms with Crippen LogP contribution in [0.4, 0.5) is 0 Å². The fourth-order valence-electron chi connectivity index (χ4n) is 1.76. The van der Waals surface area contributed by atoms with Gasteiger partial charge in [0, 0.05) is 6.54 Å². The van der Waals surface area contributed by atoms with Crippen molar-refractivity contribution < 1.29 is 14.6 Å². The van der Waals surface area contributed by atoms with Crippen LogP contribution in [0.25, 0.3) is 0 Å². The minimum absolute atomic E-state index is 0.0446. The van der Waals surface area contributed by atoms with Crippen molar-refractivity contribution in [3.63, 3.8) is 0 Å². The fourth-order valence-corrected chi connectivity index (χ4v) is 1.76. The predicted octanol–water partition coefficient (Wildman–Crippen LogP) is 0.0394. The van der Waals surface area contributed by atoms with Crippen molar-refractivity contribution in [2.45, 2.75) is 31.3 Å². The molecule has 3 N–H and O–H groups in total. The number of methoxy groups -OCH3 is 1. The maximum absolute atomic E-state index is 11.1. The highest BCUT2D eigenvalue weighted by Gasteiger charge is 2.34. The number of aliphatic hydroxyl groups is 1. The highest BCUT2D eigenvalue weighted by Crippen LogP contribution is 2.31. The predicted molar refractivity (Wildman–Crippen MR) is 48.0 cm³/mol. The van der Waals surface area contributed by atoms with Crippen LogP contribution in [0.5, 0.6) is 0 Å². The molecular weight excluding hydrogens is 170 g/mol. The van der Waals surface area contributed by atoms with Crippen molar-refractivity contribution in [1.29, 1.82) is 0 Å². The van der Waals surface area contributed by atoms with Crippen molar-refractivity contribution in [3.8, 4) is 0 Å². The van der Waals surface area contributed by atoms with Gasteiger partial charge in [0.25, 0.3) is 0 Å². The number of esters is 1. The maximum Gasteiger partial charge on any atom is 0.308 e. The number of nitrogens with two attached hydrogens (primary N) is 1. The Morgan fingerprint density at radius 2 is 2.15 bits per heavy atom. The second-order valence-electron chi connectivity index (χ2n) is 3.73.